The van der Waals surface area contributed by atoms with Gasteiger partial charge in [-0.15, -0.1) is 0 Å². The second kappa shape index (κ2) is 6.97. The van der Waals surface area contributed by atoms with Crippen LogP contribution in [0.3, 0.4) is 0 Å². The highest BCUT2D eigenvalue weighted by Crippen LogP contribution is 2.24. The number of rotatable bonds is 4. The largest absolute Gasteiger partial charge is 0.497 e. The van der Waals surface area contributed by atoms with Gasteiger partial charge < -0.3 is 19.9 Å². The van der Waals surface area contributed by atoms with E-state index >= 15 is 0 Å². The minimum atomic E-state index is -0.701. The summed E-state index contributed by atoms with van der Waals surface area (Å²) in [5, 5.41) is 0. The molecule has 0 aromatic heterocycles. The maximum Gasteiger partial charge on any atom is 0.435 e. The first-order valence-corrected chi connectivity index (χ1v) is 6.52. The number of amidine groups is 1. The molecule has 1 aromatic rings. The van der Waals surface area contributed by atoms with E-state index in [0.717, 1.165) is 5.56 Å². The monoisotopic (exact) mass is 294 g/mol. The zero-order chi connectivity index (χ0) is 16.0. The molecular weight excluding hydrogens is 272 g/mol. The van der Waals surface area contributed by atoms with Gasteiger partial charge in [-0.1, -0.05) is 6.07 Å². The van der Waals surface area contributed by atoms with Crippen LogP contribution in [-0.2, 0) is 11.2 Å². The summed E-state index contributed by atoms with van der Waals surface area (Å²) in [5.41, 5.74) is 5.99. The Hall–Kier alpha value is -2.24. The van der Waals surface area contributed by atoms with Gasteiger partial charge in [-0.25, -0.2) is 4.79 Å². The molecule has 1 aromatic carbocycles. The van der Waals surface area contributed by atoms with Crippen molar-refractivity contribution in [2.45, 2.75) is 32.8 Å². The molecule has 0 saturated heterocycles. The molecule has 0 atom stereocenters. The highest BCUT2D eigenvalue weighted by molar-refractivity contribution is 5.92. The number of carbonyl (C=O) groups excluding carboxylic acids is 1. The van der Waals surface area contributed by atoms with Crippen molar-refractivity contribution >= 4 is 11.9 Å². The molecule has 0 bridgehead atoms. The Balaban J connectivity index is 2.83. The highest BCUT2D eigenvalue weighted by atomic mass is 16.6. The van der Waals surface area contributed by atoms with Gasteiger partial charge in [0, 0.05) is 18.1 Å². The molecular formula is C15H22N2O4. The lowest BCUT2D eigenvalue weighted by molar-refractivity contribution is 0.0604. The fourth-order valence-corrected chi connectivity index (χ4v) is 1.63. The summed E-state index contributed by atoms with van der Waals surface area (Å²) in [5.74, 6) is 1.46. The second-order valence-electron chi connectivity index (χ2n) is 5.44. The van der Waals surface area contributed by atoms with Gasteiger partial charge in [0.15, 0.2) is 0 Å². The predicted octanol–water partition coefficient (Wildman–Crippen LogP) is 2.54. The lowest BCUT2D eigenvalue weighted by Gasteiger charge is -2.17. The van der Waals surface area contributed by atoms with Gasteiger partial charge in [-0.3, -0.25) is 0 Å². The van der Waals surface area contributed by atoms with E-state index in [2.05, 4.69) is 4.99 Å². The maximum atomic E-state index is 11.6. The number of amides is 1. The van der Waals surface area contributed by atoms with E-state index in [4.69, 9.17) is 19.9 Å². The normalized spacial score (nSPS) is 12.0. The summed E-state index contributed by atoms with van der Waals surface area (Å²) in [6, 6.07) is 5.35. The third kappa shape index (κ3) is 5.72. The summed E-state index contributed by atoms with van der Waals surface area (Å²) in [7, 11) is 3.13. The van der Waals surface area contributed by atoms with Crippen molar-refractivity contribution in [3.63, 3.8) is 0 Å². The lowest BCUT2D eigenvalue weighted by atomic mass is 10.1. The van der Waals surface area contributed by atoms with Crippen LogP contribution >= 0.6 is 0 Å². The molecule has 0 fully saturated rings. The van der Waals surface area contributed by atoms with E-state index in [1.54, 1.807) is 47.1 Å². The minimum absolute atomic E-state index is 0.160. The van der Waals surface area contributed by atoms with Crippen LogP contribution < -0.4 is 15.2 Å². The Bertz CT molecular complexity index is 533. The maximum absolute atomic E-state index is 11.6. The average Bonchev–Trinajstić information content (AvgIpc) is 2.36. The molecule has 1 amide bonds. The van der Waals surface area contributed by atoms with E-state index in [9.17, 15) is 4.79 Å². The Morgan fingerprint density at radius 1 is 1.24 bits per heavy atom. The number of ether oxygens (including phenoxy) is 3. The molecule has 0 aliphatic carbocycles. The zero-order valence-corrected chi connectivity index (χ0v) is 13.1. The third-order valence-corrected chi connectivity index (χ3v) is 2.49. The molecule has 116 valence electrons. The number of nitrogens with zero attached hydrogens (tertiary/aromatic N) is 1. The number of aliphatic imine (C=N–C) groups is 1. The van der Waals surface area contributed by atoms with E-state index in [1.807, 2.05) is 6.07 Å². The first kappa shape index (κ1) is 16.8. The Labute approximate surface area is 124 Å². The SMILES string of the molecule is COc1ccc(C/C(N)=N/C(=O)OC(C)(C)C)c(OC)c1. The molecule has 1 rings (SSSR count). The van der Waals surface area contributed by atoms with Gasteiger partial charge in [0.05, 0.1) is 14.2 Å². The quantitative estimate of drug-likeness (QED) is 0.681. The van der Waals surface area contributed by atoms with Crippen LogP contribution in [0.4, 0.5) is 4.79 Å². The summed E-state index contributed by atoms with van der Waals surface area (Å²) in [4.78, 5) is 15.3. The Kier molecular flexibility index (Phi) is 5.58. The number of hydrogen-bond donors (Lipinski definition) is 1. The van der Waals surface area contributed by atoms with Crippen molar-refractivity contribution in [3.8, 4) is 11.5 Å². The smallest absolute Gasteiger partial charge is 0.435 e. The number of hydrogen-bond acceptors (Lipinski definition) is 4. The molecule has 6 heteroatoms. The fraction of sp³-hybridized carbons (Fsp3) is 0.467. The molecule has 21 heavy (non-hydrogen) atoms. The van der Waals surface area contributed by atoms with Crippen molar-refractivity contribution in [3.05, 3.63) is 23.8 Å². The molecule has 2 N–H and O–H groups in total. The van der Waals surface area contributed by atoms with Gasteiger partial charge in [-0.05, 0) is 26.8 Å². The molecule has 0 aliphatic rings. The summed E-state index contributed by atoms with van der Waals surface area (Å²) >= 11 is 0. The first-order chi connectivity index (χ1) is 9.75. The Morgan fingerprint density at radius 3 is 2.43 bits per heavy atom. The molecule has 6 nitrogen and oxygen atoms in total. The summed E-state index contributed by atoms with van der Waals surface area (Å²) < 4.78 is 15.5. The number of benzene rings is 1. The summed E-state index contributed by atoms with van der Waals surface area (Å²) in [6.07, 6.45) is -0.417. The van der Waals surface area contributed by atoms with E-state index in [1.165, 1.54) is 0 Å². The topological polar surface area (TPSA) is 83.1 Å². The molecule has 0 unspecified atom stereocenters. The lowest BCUT2D eigenvalue weighted by Crippen LogP contribution is -2.24. The standard InChI is InChI=1S/C15H22N2O4/c1-15(2,3)21-14(18)17-13(16)8-10-6-7-11(19-4)9-12(10)20-5/h6-7,9H,8H2,1-5H3,(H2,16,17,18). The number of methoxy groups -OCH3 is 2. The molecule has 0 heterocycles. The molecule has 0 saturated carbocycles. The van der Waals surface area contributed by atoms with Gasteiger partial charge >= 0.3 is 6.09 Å². The molecule has 0 radical (unpaired) electrons. The molecule has 0 spiro atoms. The van der Waals surface area contributed by atoms with Crippen LogP contribution in [0.2, 0.25) is 0 Å². The van der Waals surface area contributed by atoms with Crippen molar-refractivity contribution in [1.82, 2.24) is 0 Å². The first-order valence-electron chi connectivity index (χ1n) is 6.52. The number of carbonyl (C=O) groups is 1. The van der Waals surface area contributed by atoms with Crippen molar-refractivity contribution in [2.24, 2.45) is 10.7 Å². The van der Waals surface area contributed by atoms with E-state index < -0.39 is 11.7 Å². The molecule has 0 aliphatic heterocycles. The average molecular weight is 294 g/mol. The van der Waals surface area contributed by atoms with Gasteiger partial charge in [-0.2, -0.15) is 4.99 Å². The van der Waals surface area contributed by atoms with Crippen LogP contribution in [0.5, 0.6) is 11.5 Å². The van der Waals surface area contributed by atoms with Gasteiger partial charge in [0.1, 0.15) is 22.9 Å². The van der Waals surface area contributed by atoms with E-state index in [0.29, 0.717) is 11.5 Å². The highest BCUT2D eigenvalue weighted by Gasteiger charge is 2.16. The van der Waals surface area contributed by atoms with Gasteiger partial charge in [0.2, 0.25) is 0 Å². The summed E-state index contributed by atoms with van der Waals surface area (Å²) in [6.45, 7) is 5.30. The predicted molar refractivity (Wildman–Crippen MR) is 81.1 cm³/mol. The van der Waals surface area contributed by atoms with E-state index in [-0.39, 0.29) is 12.3 Å². The van der Waals surface area contributed by atoms with Crippen molar-refractivity contribution < 1.29 is 19.0 Å². The van der Waals surface area contributed by atoms with Crippen LogP contribution in [0.25, 0.3) is 0 Å². The second-order valence-corrected chi connectivity index (χ2v) is 5.44. The van der Waals surface area contributed by atoms with Crippen LogP contribution in [0.15, 0.2) is 23.2 Å². The van der Waals surface area contributed by atoms with Crippen molar-refractivity contribution in [2.75, 3.05) is 14.2 Å². The minimum Gasteiger partial charge on any atom is -0.497 e. The van der Waals surface area contributed by atoms with Crippen LogP contribution in [-0.4, -0.2) is 31.7 Å². The number of nitrogens with two attached hydrogens (primary N) is 1. The Morgan fingerprint density at radius 2 is 1.90 bits per heavy atom. The van der Waals surface area contributed by atoms with Crippen molar-refractivity contribution in [1.29, 1.82) is 0 Å². The van der Waals surface area contributed by atoms with Gasteiger partial charge in [0.25, 0.3) is 0 Å². The third-order valence-electron chi connectivity index (χ3n) is 2.49. The fourth-order valence-electron chi connectivity index (χ4n) is 1.63. The van der Waals surface area contributed by atoms with Crippen LogP contribution in [0, 0.1) is 0 Å². The zero-order valence-electron chi connectivity index (χ0n) is 13.1. The van der Waals surface area contributed by atoms with Crippen LogP contribution in [0.1, 0.15) is 26.3 Å².